The van der Waals surface area contributed by atoms with Crippen LogP contribution in [0.25, 0.3) is 0 Å². The van der Waals surface area contributed by atoms with Crippen LogP contribution in [0.2, 0.25) is 0 Å². The third-order valence-corrected chi connectivity index (χ3v) is 2.68. The molecule has 2 nitrogen and oxygen atoms in total. The summed E-state index contributed by atoms with van der Waals surface area (Å²) in [4.78, 5) is 2.61. The molecule has 2 heteroatoms. The highest BCUT2D eigenvalue weighted by Gasteiger charge is 2.16. The molecule has 1 N–H and O–H groups in total. The molecular formula is C11H24N2. The SMILES string of the molecule is CCC1CN(CC(C)C)CCCN1. The number of nitrogens with one attached hydrogen (secondary N) is 1. The summed E-state index contributed by atoms with van der Waals surface area (Å²) < 4.78 is 0. The van der Waals surface area contributed by atoms with Gasteiger partial charge in [-0.05, 0) is 31.8 Å². The van der Waals surface area contributed by atoms with E-state index in [0.29, 0.717) is 0 Å². The van der Waals surface area contributed by atoms with Crippen molar-refractivity contribution in [3.8, 4) is 0 Å². The van der Waals surface area contributed by atoms with Crippen molar-refractivity contribution in [2.45, 2.75) is 39.7 Å². The highest BCUT2D eigenvalue weighted by molar-refractivity contribution is 4.75. The molecule has 0 aliphatic carbocycles. The summed E-state index contributed by atoms with van der Waals surface area (Å²) in [7, 11) is 0. The van der Waals surface area contributed by atoms with Gasteiger partial charge >= 0.3 is 0 Å². The lowest BCUT2D eigenvalue weighted by Crippen LogP contribution is -2.38. The number of nitrogens with zero attached hydrogens (tertiary/aromatic N) is 1. The van der Waals surface area contributed by atoms with Crippen molar-refractivity contribution in [1.29, 1.82) is 0 Å². The first kappa shape index (κ1) is 11.0. The van der Waals surface area contributed by atoms with Crippen LogP contribution in [0.15, 0.2) is 0 Å². The molecule has 13 heavy (non-hydrogen) atoms. The molecule has 0 spiro atoms. The zero-order valence-electron chi connectivity index (χ0n) is 9.34. The smallest absolute Gasteiger partial charge is 0.0192 e. The largest absolute Gasteiger partial charge is 0.313 e. The summed E-state index contributed by atoms with van der Waals surface area (Å²) in [5.74, 6) is 0.801. The quantitative estimate of drug-likeness (QED) is 0.718. The Kier molecular flexibility index (Phi) is 4.74. The average Bonchev–Trinajstić information content (AvgIpc) is 2.28. The Morgan fingerprint density at radius 1 is 1.46 bits per heavy atom. The van der Waals surface area contributed by atoms with E-state index in [1.54, 1.807) is 0 Å². The molecule has 1 fully saturated rings. The second kappa shape index (κ2) is 5.61. The Balaban J connectivity index is 2.35. The second-order valence-electron chi connectivity index (χ2n) is 4.57. The van der Waals surface area contributed by atoms with E-state index in [4.69, 9.17) is 0 Å². The van der Waals surface area contributed by atoms with Gasteiger partial charge in [0.1, 0.15) is 0 Å². The monoisotopic (exact) mass is 184 g/mol. The maximum Gasteiger partial charge on any atom is 0.0192 e. The number of hydrogen-bond acceptors (Lipinski definition) is 2. The van der Waals surface area contributed by atoms with Gasteiger partial charge in [-0.15, -0.1) is 0 Å². The molecule has 1 aliphatic rings. The predicted molar refractivity (Wildman–Crippen MR) is 58.0 cm³/mol. The molecule has 0 aromatic carbocycles. The van der Waals surface area contributed by atoms with Crippen LogP contribution in [0.3, 0.4) is 0 Å². The standard InChI is InChI=1S/C11H24N2/c1-4-11-9-13(8-10(2)3)7-5-6-12-11/h10-12H,4-9H2,1-3H3. The highest BCUT2D eigenvalue weighted by atomic mass is 15.2. The summed E-state index contributed by atoms with van der Waals surface area (Å²) in [6.07, 6.45) is 2.57. The van der Waals surface area contributed by atoms with Crippen LogP contribution in [0.5, 0.6) is 0 Å². The van der Waals surface area contributed by atoms with Crippen LogP contribution in [0, 0.1) is 5.92 Å². The van der Waals surface area contributed by atoms with Gasteiger partial charge < -0.3 is 10.2 Å². The van der Waals surface area contributed by atoms with Crippen LogP contribution in [0.4, 0.5) is 0 Å². The Hall–Kier alpha value is -0.0800. The van der Waals surface area contributed by atoms with Gasteiger partial charge in [0, 0.05) is 19.1 Å². The molecule has 1 heterocycles. The predicted octanol–water partition coefficient (Wildman–Crippen LogP) is 1.72. The zero-order chi connectivity index (χ0) is 9.68. The Morgan fingerprint density at radius 2 is 2.23 bits per heavy atom. The van der Waals surface area contributed by atoms with E-state index in [0.717, 1.165) is 12.0 Å². The molecule has 0 aromatic rings. The van der Waals surface area contributed by atoms with Crippen molar-refractivity contribution in [3.63, 3.8) is 0 Å². The van der Waals surface area contributed by atoms with Crippen molar-refractivity contribution in [2.24, 2.45) is 5.92 Å². The van der Waals surface area contributed by atoms with Crippen molar-refractivity contribution in [2.75, 3.05) is 26.2 Å². The van der Waals surface area contributed by atoms with Gasteiger partial charge in [-0.25, -0.2) is 0 Å². The zero-order valence-corrected chi connectivity index (χ0v) is 9.34. The van der Waals surface area contributed by atoms with E-state index >= 15 is 0 Å². The van der Waals surface area contributed by atoms with Crippen LogP contribution in [-0.2, 0) is 0 Å². The fourth-order valence-corrected chi connectivity index (χ4v) is 2.03. The topological polar surface area (TPSA) is 15.3 Å². The summed E-state index contributed by atoms with van der Waals surface area (Å²) in [5.41, 5.74) is 0. The number of hydrogen-bond donors (Lipinski definition) is 1. The van der Waals surface area contributed by atoms with Crippen molar-refractivity contribution < 1.29 is 0 Å². The summed E-state index contributed by atoms with van der Waals surface area (Å²) >= 11 is 0. The fraction of sp³-hybridized carbons (Fsp3) is 1.00. The lowest BCUT2D eigenvalue weighted by Gasteiger charge is -2.25. The van der Waals surface area contributed by atoms with Crippen molar-refractivity contribution in [3.05, 3.63) is 0 Å². The van der Waals surface area contributed by atoms with E-state index in [2.05, 4.69) is 31.0 Å². The van der Waals surface area contributed by atoms with Gasteiger partial charge in [-0.3, -0.25) is 0 Å². The molecule has 0 aromatic heterocycles. The molecular weight excluding hydrogens is 160 g/mol. The maximum atomic E-state index is 3.59. The van der Waals surface area contributed by atoms with Gasteiger partial charge in [-0.2, -0.15) is 0 Å². The third-order valence-electron chi connectivity index (χ3n) is 2.68. The maximum absolute atomic E-state index is 3.59. The normalized spacial score (nSPS) is 26.3. The van der Waals surface area contributed by atoms with E-state index in [-0.39, 0.29) is 0 Å². The first-order chi connectivity index (χ1) is 6.22. The van der Waals surface area contributed by atoms with Crippen LogP contribution < -0.4 is 5.32 Å². The van der Waals surface area contributed by atoms with E-state index in [9.17, 15) is 0 Å². The Bertz CT molecular complexity index is 134. The summed E-state index contributed by atoms with van der Waals surface area (Å²) in [6, 6.07) is 0.723. The molecule has 0 amide bonds. The first-order valence-corrected chi connectivity index (χ1v) is 5.68. The lowest BCUT2D eigenvalue weighted by atomic mass is 10.1. The molecule has 78 valence electrons. The van der Waals surface area contributed by atoms with Crippen LogP contribution in [-0.4, -0.2) is 37.1 Å². The van der Waals surface area contributed by atoms with Gasteiger partial charge in [0.15, 0.2) is 0 Å². The fourth-order valence-electron chi connectivity index (χ4n) is 2.03. The minimum absolute atomic E-state index is 0.723. The molecule has 0 saturated carbocycles. The molecule has 1 rings (SSSR count). The van der Waals surface area contributed by atoms with Gasteiger partial charge in [0.2, 0.25) is 0 Å². The Morgan fingerprint density at radius 3 is 2.85 bits per heavy atom. The van der Waals surface area contributed by atoms with Gasteiger partial charge in [0.05, 0.1) is 0 Å². The van der Waals surface area contributed by atoms with Crippen molar-refractivity contribution in [1.82, 2.24) is 10.2 Å². The van der Waals surface area contributed by atoms with Gasteiger partial charge in [0.25, 0.3) is 0 Å². The first-order valence-electron chi connectivity index (χ1n) is 5.68. The van der Waals surface area contributed by atoms with Gasteiger partial charge in [-0.1, -0.05) is 20.8 Å². The molecule has 1 saturated heterocycles. The average molecular weight is 184 g/mol. The lowest BCUT2D eigenvalue weighted by molar-refractivity contribution is 0.238. The summed E-state index contributed by atoms with van der Waals surface area (Å²) in [5, 5.41) is 3.59. The molecule has 1 unspecified atom stereocenters. The number of rotatable bonds is 3. The minimum Gasteiger partial charge on any atom is -0.313 e. The van der Waals surface area contributed by atoms with E-state index < -0.39 is 0 Å². The van der Waals surface area contributed by atoms with Crippen LogP contribution >= 0.6 is 0 Å². The van der Waals surface area contributed by atoms with Crippen LogP contribution in [0.1, 0.15) is 33.6 Å². The summed E-state index contributed by atoms with van der Waals surface area (Å²) in [6.45, 7) is 11.9. The highest BCUT2D eigenvalue weighted by Crippen LogP contribution is 2.06. The molecule has 1 aliphatic heterocycles. The van der Waals surface area contributed by atoms with E-state index in [1.165, 1.54) is 39.0 Å². The van der Waals surface area contributed by atoms with Crippen molar-refractivity contribution >= 4 is 0 Å². The minimum atomic E-state index is 0.723. The molecule has 1 atom stereocenters. The van der Waals surface area contributed by atoms with E-state index in [1.807, 2.05) is 0 Å². The Labute approximate surface area is 82.7 Å². The molecule has 0 radical (unpaired) electrons. The second-order valence-corrected chi connectivity index (χ2v) is 4.57. The third kappa shape index (κ3) is 4.10. The molecule has 0 bridgehead atoms.